The molecule has 0 aliphatic heterocycles. The first-order chi connectivity index (χ1) is 7.81. The van der Waals surface area contributed by atoms with Crippen LogP contribution >= 0.6 is 0 Å². The molecule has 3 nitrogen and oxygen atoms in total. The van der Waals surface area contributed by atoms with Gasteiger partial charge in [0.25, 0.3) is 0 Å². The van der Waals surface area contributed by atoms with Gasteiger partial charge in [-0.2, -0.15) is 0 Å². The summed E-state index contributed by atoms with van der Waals surface area (Å²) < 4.78 is 4.50. The van der Waals surface area contributed by atoms with Crippen molar-refractivity contribution >= 4 is 12.2 Å². The molecule has 0 aromatic heterocycles. The standard InChI is InChI=1S/C13H25NO2/c1-3-4-5-6-7-8-9-11-14-12-10-13(15)16-2/h12H,3-11H2,1-2H3. The number of methoxy groups -OCH3 is 1. The first kappa shape index (κ1) is 15.1. The predicted molar refractivity (Wildman–Crippen MR) is 68.0 cm³/mol. The molecule has 0 spiro atoms. The van der Waals surface area contributed by atoms with Crippen LogP contribution in [-0.4, -0.2) is 25.8 Å². The summed E-state index contributed by atoms with van der Waals surface area (Å²) in [5, 5.41) is 0. The third kappa shape index (κ3) is 11.2. The Morgan fingerprint density at radius 2 is 1.75 bits per heavy atom. The van der Waals surface area contributed by atoms with E-state index in [0.29, 0.717) is 6.42 Å². The molecule has 0 radical (unpaired) electrons. The van der Waals surface area contributed by atoms with E-state index in [-0.39, 0.29) is 5.97 Å². The van der Waals surface area contributed by atoms with Gasteiger partial charge in [-0.3, -0.25) is 9.79 Å². The van der Waals surface area contributed by atoms with Crippen molar-refractivity contribution in [3.05, 3.63) is 0 Å². The quantitative estimate of drug-likeness (QED) is 0.326. The molecule has 0 unspecified atom stereocenters. The van der Waals surface area contributed by atoms with Gasteiger partial charge in [0.2, 0.25) is 0 Å². The summed E-state index contributed by atoms with van der Waals surface area (Å²) in [7, 11) is 1.40. The van der Waals surface area contributed by atoms with Gasteiger partial charge in [0.1, 0.15) is 0 Å². The third-order valence-corrected chi connectivity index (χ3v) is 2.51. The molecule has 0 fully saturated rings. The summed E-state index contributed by atoms with van der Waals surface area (Å²) in [5.41, 5.74) is 0. The van der Waals surface area contributed by atoms with Crippen LogP contribution in [-0.2, 0) is 9.53 Å². The zero-order chi connectivity index (χ0) is 12.1. The lowest BCUT2D eigenvalue weighted by atomic mass is 10.1. The van der Waals surface area contributed by atoms with E-state index in [1.807, 2.05) is 0 Å². The second-order valence-corrected chi connectivity index (χ2v) is 3.99. The molecule has 0 amide bonds. The van der Waals surface area contributed by atoms with E-state index in [1.165, 1.54) is 45.6 Å². The Balaban J connectivity index is 3.11. The van der Waals surface area contributed by atoms with Crippen molar-refractivity contribution in [3.8, 4) is 0 Å². The van der Waals surface area contributed by atoms with Crippen molar-refractivity contribution in [2.24, 2.45) is 4.99 Å². The minimum absolute atomic E-state index is 0.219. The van der Waals surface area contributed by atoms with Gasteiger partial charge in [-0.1, -0.05) is 45.4 Å². The molecule has 0 aromatic rings. The van der Waals surface area contributed by atoms with Crippen LogP contribution in [0.25, 0.3) is 0 Å². The molecule has 0 aliphatic rings. The van der Waals surface area contributed by atoms with Gasteiger partial charge in [-0.25, -0.2) is 0 Å². The molecule has 3 heteroatoms. The van der Waals surface area contributed by atoms with Crippen molar-refractivity contribution in [1.29, 1.82) is 0 Å². The second kappa shape index (κ2) is 12.2. The predicted octanol–water partition coefficient (Wildman–Crippen LogP) is 3.37. The van der Waals surface area contributed by atoms with Crippen LogP contribution in [0.15, 0.2) is 4.99 Å². The van der Waals surface area contributed by atoms with Crippen LogP contribution in [0.1, 0.15) is 58.3 Å². The lowest BCUT2D eigenvalue weighted by molar-refractivity contribution is -0.139. The molecule has 0 aliphatic carbocycles. The van der Waals surface area contributed by atoms with Crippen molar-refractivity contribution in [1.82, 2.24) is 0 Å². The normalized spacial score (nSPS) is 10.9. The molecule has 0 atom stereocenters. The van der Waals surface area contributed by atoms with Crippen molar-refractivity contribution in [3.63, 3.8) is 0 Å². The molecule has 0 bridgehead atoms. The van der Waals surface area contributed by atoms with Crippen molar-refractivity contribution in [2.75, 3.05) is 13.7 Å². The molecule has 16 heavy (non-hydrogen) atoms. The minimum Gasteiger partial charge on any atom is -0.469 e. The van der Waals surface area contributed by atoms with Gasteiger partial charge in [0.15, 0.2) is 0 Å². The van der Waals surface area contributed by atoms with E-state index < -0.39 is 0 Å². The number of aliphatic imine (C=N–C) groups is 1. The summed E-state index contributed by atoms with van der Waals surface area (Å²) in [6, 6.07) is 0. The number of esters is 1. The van der Waals surface area contributed by atoms with E-state index in [1.54, 1.807) is 6.21 Å². The number of ether oxygens (including phenoxy) is 1. The fraction of sp³-hybridized carbons (Fsp3) is 0.846. The number of carbonyl (C=O) groups is 1. The number of unbranched alkanes of at least 4 members (excludes halogenated alkanes) is 6. The van der Waals surface area contributed by atoms with Gasteiger partial charge in [0, 0.05) is 12.8 Å². The Morgan fingerprint density at radius 1 is 1.12 bits per heavy atom. The van der Waals surface area contributed by atoms with Crippen molar-refractivity contribution in [2.45, 2.75) is 58.3 Å². The molecule has 0 rings (SSSR count). The third-order valence-electron chi connectivity index (χ3n) is 2.51. The fourth-order valence-electron chi connectivity index (χ4n) is 1.47. The van der Waals surface area contributed by atoms with Crippen LogP contribution in [0, 0.1) is 0 Å². The Labute approximate surface area is 99.3 Å². The summed E-state index contributed by atoms with van der Waals surface area (Å²) in [6.07, 6.45) is 11.0. The highest BCUT2D eigenvalue weighted by molar-refractivity contribution is 5.85. The topological polar surface area (TPSA) is 38.7 Å². The highest BCUT2D eigenvalue weighted by Gasteiger charge is 1.94. The lowest BCUT2D eigenvalue weighted by Crippen LogP contribution is -2.00. The first-order valence-electron chi connectivity index (χ1n) is 6.36. The van der Waals surface area contributed by atoms with Crippen LogP contribution in [0.3, 0.4) is 0 Å². The average Bonchev–Trinajstić information content (AvgIpc) is 2.31. The van der Waals surface area contributed by atoms with Crippen LogP contribution in [0.2, 0.25) is 0 Å². The van der Waals surface area contributed by atoms with Gasteiger partial charge >= 0.3 is 5.97 Å². The molecule has 0 saturated heterocycles. The molecular formula is C13H25NO2. The summed E-state index contributed by atoms with van der Waals surface area (Å²) in [5.74, 6) is -0.219. The summed E-state index contributed by atoms with van der Waals surface area (Å²) in [4.78, 5) is 14.9. The SMILES string of the molecule is CCCCCCCCCN=CCC(=O)OC. The van der Waals surface area contributed by atoms with Gasteiger partial charge in [-0.05, 0) is 6.42 Å². The molecule has 0 heterocycles. The monoisotopic (exact) mass is 227 g/mol. The largest absolute Gasteiger partial charge is 0.469 e. The van der Waals surface area contributed by atoms with Crippen LogP contribution in [0.4, 0.5) is 0 Å². The molecule has 0 saturated carbocycles. The van der Waals surface area contributed by atoms with E-state index in [9.17, 15) is 4.79 Å². The maximum Gasteiger partial charge on any atom is 0.310 e. The van der Waals surface area contributed by atoms with E-state index in [4.69, 9.17) is 0 Å². The molecule has 0 aromatic carbocycles. The summed E-state index contributed by atoms with van der Waals surface area (Å²) in [6.45, 7) is 3.07. The van der Waals surface area contributed by atoms with Gasteiger partial charge in [-0.15, -0.1) is 0 Å². The van der Waals surface area contributed by atoms with E-state index in [0.717, 1.165) is 13.0 Å². The fourth-order valence-corrected chi connectivity index (χ4v) is 1.47. The summed E-state index contributed by atoms with van der Waals surface area (Å²) >= 11 is 0. The maximum atomic E-state index is 10.7. The molecule has 0 N–H and O–H groups in total. The zero-order valence-corrected chi connectivity index (χ0v) is 10.7. The smallest absolute Gasteiger partial charge is 0.310 e. The first-order valence-corrected chi connectivity index (χ1v) is 6.36. The Bertz CT molecular complexity index is 190. The number of nitrogens with zero attached hydrogens (tertiary/aromatic N) is 1. The highest BCUT2D eigenvalue weighted by atomic mass is 16.5. The van der Waals surface area contributed by atoms with Gasteiger partial charge < -0.3 is 4.74 Å². The number of rotatable bonds is 10. The lowest BCUT2D eigenvalue weighted by Gasteiger charge is -1.98. The molecule has 94 valence electrons. The number of carbonyl (C=O) groups excluding carboxylic acids is 1. The highest BCUT2D eigenvalue weighted by Crippen LogP contribution is 2.06. The van der Waals surface area contributed by atoms with Crippen LogP contribution in [0.5, 0.6) is 0 Å². The van der Waals surface area contributed by atoms with E-state index in [2.05, 4.69) is 16.7 Å². The number of hydrogen-bond donors (Lipinski definition) is 0. The van der Waals surface area contributed by atoms with Gasteiger partial charge in [0.05, 0.1) is 13.5 Å². The number of hydrogen-bond acceptors (Lipinski definition) is 3. The average molecular weight is 227 g/mol. The Morgan fingerprint density at radius 3 is 2.38 bits per heavy atom. The molecular weight excluding hydrogens is 202 g/mol. The minimum atomic E-state index is -0.219. The maximum absolute atomic E-state index is 10.7. The van der Waals surface area contributed by atoms with Crippen molar-refractivity contribution < 1.29 is 9.53 Å². The second-order valence-electron chi connectivity index (χ2n) is 3.99. The Hall–Kier alpha value is -0.860. The van der Waals surface area contributed by atoms with E-state index >= 15 is 0 Å². The zero-order valence-electron chi connectivity index (χ0n) is 10.7. The van der Waals surface area contributed by atoms with Crippen LogP contribution < -0.4 is 0 Å². The Kier molecular flexibility index (Phi) is 11.6.